The van der Waals surface area contributed by atoms with Gasteiger partial charge in [-0.25, -0.2) is 0 Å². The molecule has 0 saturated heterocycles. The Balaban J connectivity index is 1.52. The number of nitrogens with zero attached hydrogens (tertiary/aromatic N) is 1. The molecule has 0 atom stereocenters. The van der Waals surface area contributed by atoms with Crippen molar-refractivity contribution in [3.63, 3.8) is 0 Å². The van der Waals surface area contributed by atoms with Gasteiger partial charge in [0.05, 0.1) is 6.26 Å². The van der Waals surface area contributed by atoms with Crippen LogP contribution in [0, 0.1) is 0 Å². The molecule has 0 aliphatic carbocycles. The molecule has 0 radical (unpaired) electrons. The second-order valence-corrected chi connectivity index (χ2v) is 3.71. The molecule has 0 aliphatic rings. The summed E-state index contributed by atoms with van der Waals surface area (Å²) in [4.78, 5) is 11.5. The Morgan fingerprint density at radius 3 is 3.17 bits per heavy atom. The van der Waals surface area contributed by atoms with Crippen LogP contribution in [0.3, 0.4) is 0 Å². The van der Waals surface area contributed by atoms with Crippen LogP contribution in [-0.2, 0) is 11.3 Å². The first kappa shape index (κ1) is 12.4. The number of furan rings is 1. The van der Waals surface area contributed by atoms with Crippen LogP contribution in [0.25, 0.3) is 0 Å². The highest BCUT2D eigenvalue weighted by Crippen LogP contribution is 2.01. The molecule has 0 aromatic carbocycles. The first-order valence-electron chi connectivity index (χ1n) is 5.74. The van der Waals surface area contributed by atoms with Gasteiger partial charge in [-0.2, -0.15) is 5.10 Å². The van der Waals surface area contributed by atoms with Gasteiger partial charge in [0.1, 0.15) is 18.1 Å². The number of aromatic amines is 1. The number of nitrogens with one attached hydrogen (secondary N) is 2. The van der Waals surface area contributed by atoms with Gasteiger partial charge < -0.3 is 14.5 Å². The average molecular weight is 249 g/mol. The molecule has 0 spiro atoms. The van der Waals surface area contributed by atoms with E-state index in [2.05, 4.69) is 15.5 Å². The zero-order valence-corrected chi connectivity index (χ0v) is 9.89. The van der Waals surface area contributed by atoms with Crippen molar-refractivity contribution in [3.8, 4) is 0 Å². The summed E-state index contributed by atoms with van der Waals surface area (Å²) in [5.41, 5.74) is 0.464. The molecule has 0 unspecified atom stereocenters. The fourth-order valence-corrected chi connectivity index (χ4v) is 1.42. The molecular formula is C12H15N3O3. The van der Waals surface area contributed by atoms with Crippen molar-refractivity contribution in [2.75, 3.05) is 13.2 Å². The molecule has 6 nitrogen and oxygen atoms in total. The van der Waals surface area contributed by atoms with Crippen LogP contribution in [-0.4, -0.2) is 29.3 Å². The molecule has 2 aromatic heterocycles. The number of rotatable bonds is 7. The number of amides is 1. The van der Waals surface area contributed by atoms with E-state index in [0.717, 1.165) is 12.2 Å². The lowest BCUT2D eigenvalue weighted by Crippen LogP contribution is -2.25. The number of aromatic nitrogens is 2. The normalized spacial score (nSPS) is 10.4. The van der Waals surface area contributed by atoms with Crippen LogP contribution in [0.15, 0.2) is 35.1 Å². The van der Waals surface area contributed by atoms with Crippen molar-refractivity contribution in [1.82, 2.24) is 15.5 Å². The predicted octanol–water partition coefficient (Wildman–Crippen LogP) is 1.34. The lowest BCUT2D eigenvalue weighted by atomic mass is 10.4. The second kappa shape index (κ2) is 6.61. The average Bonchev–Trinajstić information content (AvgIpc) is 3.05. The lowest BCUT2D eigenvalue weighted by Gasteiger charge is -2.04. The second-order valence-electron chi connectivity index (χ2n) is 3.71. The van der Waals surface area contributed by atoms with E-state index in [1.54, 1.807) is 18.5 Å². The molecule has 1 amide bonds. The van der Waals surface area contributed by atoms with E-state index in [1.165, 1.54) is 0 Å². The zero-order chi connectivity index (χ0) is 12.6. The summed E-state index contributed by atoms with van der Waals surface area (Å²) in [5, 5.41) is 9.08. The highest BCUT2D eigenvalue weighted by Gasteiger charge is 2.04. The number of H-pyrrole nitrogens is 1. The zero-order valence-electron chi connectivity index (χ0n) is 9.89. The van der Waals surface area contributed by atoms with Crippen LogP contribution < -0.4 is 5.32 Å². The third-order valence-electron chi connectivity index (χ3n) is 2.32. The van der Waals surface area contributed by atoms with Gasteiger partial charge in [0.2, 0.25) is 0 Å². The summed E-state index contributed by atoms with van der Waals surface area (Å²) in [7, 11) is 0. The summed E-state index contributed by atoms with van der Waals surface area (Å²) >= 11 is 0. The van der Waals surface area contributed by atoms with Crippen LogP contribution in [0.4, 0.5) is 0 Å². The summed E-state index contributed by atoms with van der Waals surface area (Å²) in [5.74, 6) is 0.648. The van der Waals surface area contributed by atoms with Crippen molar-refractivity contribution in [2.45, 2.75) is 13.0 Å². The Morgan fingerprint density at radius 1 is 1.50 bits per heavy atom. The smallest absolute Gasteiger partial charge is 0.269 e. The molecule has 18 heavy (non-hydrogen) atoms. The Hall–Kier alpha value is -2.08. The number of carbonyl (C=O) groups excluding carboxylic acids is 1. The molecule has 2 rings (SSSR count). The summed E-state index contributed by atoms with van der Waals surface area (Å²) < 4.78 is 10.5. The van der Waals surface area contributed by atoms with Crippen molar-refractivity contribution in [1.29, 1.82) is 0 Å². The van der Waals surface area contributed by atoms with E-state index < -0.39 is 0 Å². The van der Waals surface area contributed by atoms with Crippen LogP contribution >= 0.6 is 0 Å². The molecule has 2 N–H and O–H groups in total. The maximum Gasteiger partial charge on any atom is 0.269 e. The largest absolute Gasteiger partial charge is 0.467 e. The SMILES string of the molecule is O=C(NCCCOCc1ccco1)c1ccn[nH]1. The molecule has 0 bridgehead atoms. The molecule has 2 aromatic rings. The van der Waals surface area contributed by atoms with Gasteiger partial charge >= 0.3 is 0 Å². The minimum absolute atomic E-state index is 0.154. The maximum atomic E-state index is 11.5. The Kier molecular flexibility index (Phi) is 4.54. The Morgan fingerprint density at radius 2 is 2.44 bits per heavy atom. The van der Waals surface area contributed by atoms with E-state index in [1.807, 2.05) is 12.1 Å². The minimum Gasteiger partial charge on any atom is -0.467 e. The Labute approximate surface area is 104 Å². The van der Waals surface area contributed by atoms with Crippen molar-refractivity contribution >= 4 is 5.91 Å². The Bertz CT molecular complexity index is 451. The summed E-state index contributed by atoms with van der Waals surface area (Å²) in [6.07, 6.45) is 3.91. The van der Waals surface area contributed by atoms with Crippen molar-refractivity contribution in [2.24, 2.45) is 0 Å². The first-order chi connectivity index (χ1) is 8.86. The standard InChI is InChI=1S/C12H15N3O3/c16-12(11-4-6-14-15-11)13-5-2-7-17-9-10-3-1-8-18-10/h1,3-4,6,8H,2,5,7,9H2,(H,13,16)(H,14,15). The van der Waals surface area contributed by atoms with Crippen LogP contribution in [0.2, 0.25) is 0 Å². The minimum atomic E-state index is -0.154. The summed E-state index contributed by atoms with van der Waals surface area (Å²) in [6, 6.07) is 5.31. The number of hydrogen-bond donors (Lipinski definition) is 2. The van der Waals surface area contributed by atoms with E-state index in [-0.39, 0.29) is 5.91 Å². The first-order valence-corrected chi connectivity index (χ1v) is 5.74. The fraction of sp³-hybridized carbons (Fsp3) is 0.333. The molecule has 6 heteroatoms. The van der Waals surface area contributed by atoms with Gasteiger partial charge in [0.15, 0.2) is 0 Å². The van der Waals surface area contributed by atoms with Gasteiger partial charge in [-0.15, -0.1) is 0 Å². The molecular weight excluding hydrogens is 234 g/mol. The number of hydrogen-bond acceptors (Lipinski definition) is 4. The predicted molar refractivity (Wildman–Crippen MR) is 63.9 cm³/mol. The molecule has 96 valence electrons. The maximum absolute atomic E-state index is 11.5. The van der Waals surface area contributed by atoms with Crippen molar-refractivity contribution < 1.29 is 13.9 Å². The molecule has 0 saturated carbocycles. The van der Waals surface area contributed by atoms with Crippen LogP contribution in [0.1, 0.15) is 22.7 Å². The van der Waals surface area contributed by atoms with Gasteiger partial charge in [-0.1, -0.05) is 0 Å². The van der Waals surface area contributed by atoms with Gasteiger partial charge in [0.25, 0.3) is 5.91 Å². The van der Waals surface area contributed by atoms with E-state index in [9.17, 15) is 4.79 Å². The van der Waals surface area contributed by atoms with E-state index in [0.29, 0.717) is 25.5 Å². The highest BCUT2D eigenvalue weighted by molar-refractivity contribution is 5.91. The van der Waals surface area contributed by atoms with Gasteiger partial charge in [0, 0.05) is 19.3 Å². The third-order valence-corrected chi connectivity index (χ3v) is 2.32. The quantitative estimate of drug-likeness (QED) is 0.726. The summed E-state index contributed by atoms with van der Waals surface area (Å²) in [6.45, 7) is 1.60. The molecule has 2 heterocycles. The molecule has 0 fully saturated rings. The monoisotopic (exact) mass is 249 g/mol. The van der Waals surface area contributed by atoms with Crippen molar-refractivity contribution in [3.05, 3.63) is 42.1 Å². The number of ether oxygens (including phenoxy) is 1. The van der Waals surface area contributed by atoms with Gasteiger partial charge in [-0.3, -0.25) is 9.89 Å². The van der Waals surface area contributed by atoms with E-state index in [4.69, 9.17) is 9.15 Å². The highest BCUT2D eigenvalue weighted by atomic mass is 16.5. The van der Waals surface area contributed by atoms with Crippen LogP contribution in [0.5, 0.6) is 0 Å². The van der Waals surface area contributed by atoms with E-state index >= 15 is 0 Å². The van der Waals surface area contributed by atoms with Gasteiger partial charge in [-0.05, 0) is 24.6 Å². The lowest BCUT2D eigenvalue weighted by molar-refractivity contribution is 0.0913. The molecule has 0 aliphatic heterocycles. The topological polar surface area (TPSA) is 80.2 Å². The number of carbonyl (C=O) groups is 1. The third kappa shape index (κ3) is 3.74. The fourth-order valence-electron chi connectivity index (χ4n) is 1.42.